The second kappa shape index (κ2) is 5.12. The molecule has 0 fully saturated rings. The molecule has 8 heteroatoms. The first-order chi connectivity index (χ1) is 9.28. The molecule has 2 aromatic heterocycles. The van der Waals surface area contributed by atoms with E-state index in [9.17, 15) is 9.59 Å². The molecule has 2 amide bonds. The first-order valence-corrected chi connectivity index (χ1v) is 6.86. The van der Waals surface area contributed by atoms with Crippen molar-refractivity contribution in [2.75, 3.05) is 0 Å². The number of nitrogens with zero attached hydrogens (tertiary/aromatic N) is 2. The Kier molecular flexibility index (Phi) is 3.67. The maximum absolute atomic E-state index is 11.6. The number of ether oxygens (including phenoxy) is 1. The number of hydrogen-bond donors (Lipinski definition) is 2. The van der Waals surface area contributed by atoms with Gasteiger partial charge in [-0.05, 0) is 20.8 Å². The van der Waals surface area contributed by atoms with Crippen molar-refractivity contribution in [1.82, 2.24) is 14.7 Å². The number of aromatic nitrogens is 2. The Bertz CT molecular complexity index is 653. The van der Waals surface area contributed by atoms with Gasteiger partial charge in [0.25, 0.3) is 5.91 Å². The molecular weight excluding hydrogens is 280 g/mol. The summed E-state index contributed by atoms with van der Waals surface area (Å²) >= 11 is 1.36. The summed E-state index contributed by atoms with van der Waals surface area (Å²) in [5.74, 6) is -0.00585. The van der Waals surface area contributed by atoms with Crippen molar-refractivity contribution in [3.8, 4) is 0 Å². The van der Waals surface area contributed by atoms with Crippen LogP contribution in [0.1, 0.15) is 37.1 Å². The van der Waals surface area contributed by atoms with Crippen LogP contribution in [0.5, 0.6) is 0 Å². The highest BCUT2D eigenvalue weighted by molar-refractivity contribution is 7.15. The van der Waals surface area contributed by atoms with Gasteiger partial charge in [-0.25, -0.2) is 9.78 Å². The molecule has 0 bridgehead atoms. The second-order valence-electron chi connectivity index (χ2n) is 5.19. The van der Waals surface area contributed by atoms with E-state index in [2.05, 4.69) is 10.3 Å². The lowest BCUT2D eigenvalue weighted by Gasteiger charge is -2.19. The second-order valence-corrected chi connectivity index (χ2v) is 6.08. The van der Waals surface area contributed by atoms with Crippen LogP contribution in [0.4, 0.5) is 4.79 Å². The van der Waals surface area contributed by atoms with E-state index >= 15 is 0 Å². The van der Waals surface area contributed by atoms with Crippen LogP contribution >= 0.6 is 11.3 Å². The van der Waals surface area contributed by atoms with Crippen molar-refractivity contribution < 1.29 is 14.3 Å². The molecule has 7 nitrogen and oxygen atoms in total. The molecule has 20 heavy (non-hydrogen) atoms. The monoisotopic (exact) mass is 296 g/mol. The number of carbonyl (C=O) groups is 2. The number of amides is 2. The molecule has 0 radical (unpaired) electrons. The fourth-order valence-corrected chi connectivity index (χ4v) is 2.52. The van der Waals surface area contributed by atoms with Crippen molar-refractivity contribution in [3.63, 3.8) is 0 Å². The van der Waals surface area contributed by atoms with E-state index in [0.717, 1.165) is 4.83 Å². The summed E-state index contributed by atoms with van der Waals surface area (Å²) in [5.41, 5.74) is 5.09. The summed E-state index contributed by atoms with van der Waals surface area (Å²) in [6, 6.07) is 0. The van der Waals surface area contributed by atoms with E-state index in [1.165, 1.54) is 11.3 Å². The zero-order valence-electron chi connectivity index (χ0n) is 11.5. The minimum atomic E-state index is -0.563. The Hall–Kier alpha value is -2.09. The largest absolute Gasteiger partial charge is 0.444 e. The van der Waals surface area contributed by atoms with Gasteiger partial charge in [0.15, 0.2) is 0 Å². The van der Waals surface area contributed by atoms with Gasteiger partial charge in [0.2, 0.25) is 0 Å². The molecule has 3 N–H and O–H groups in total. The number of fused-ring (bicyclic) bond motifs is 1. The standard InChI is InChI=1S/C12H16N4O3S/c1-12(2,3)19-11(18)15-4-8-14-5-9-16(8)7(6-20-9)10(13)17/h5-6H,4H2,1-3H3,(H2,13,17)(H,15,18). The Morgan fingerprint density at radius 3 is 2.80 bits per heavy atom. The molecule has 0 aromatic carbocycles. The van der Waals surface area contributed by atoms with Crippen LogP contribution in [0, 0.1) is 0 Å². The van der Waals surface area contributed by atoms with Gasteiger partial charge in [0.1, 0.15) is 21.9 Å². The first kappa shape index (κ1) is 14.3. The van der Waals surface area contributed by atoms with Crippen LogP contribution in [0.15, 0.2) is 11.6 Å². The third kappa shape index (κ3) is 3.08. The summed E-state index contributed by atoms with van der Waals surface area (Å²) in [6.45, 7) is 5.50. The molecule has 2 rings (SSSR count). The number of primary amides is 1. The Morgan fingerprint density at radius 1 is 1.50 bits per heavy atom. The molecule has 0 aliphatic rings. The maximum atomic E-state index is 11.6. The van der Waals surface area contributed by atoms with Gasteiger partial charge in [0.05, 0.1) is 12.7 Å². The normalized spacial score (nSPS) is 11.6. The molecule has 0 spiro atoms. The van der Waals surface area contributed by atoms with E-state index < -0.39 is 17.6 Å². The number of nitrogens with one attached hydrogen (secondary N) is 1. The third-order valence-electron chi connectivity index (χ3n) is 2.38. The smallest absolute Gasteiger partial charge is 0.408 e. The summed E-state index contributed by atoms with van der Waals surface area (Å²) in [7, 11) is 0. The Labute approximate surface area is 119 Å². The van der Waals surface area contributed by atoms with Crippen molar-refractivity contribution in [2.45, 2.75) is 32.9 Å². The lowest BCUT2D eigenvalue weighted by Crippen LogP contribution is -2.32. The molecule has 0 atom stereocenters. The topological polar surface area (TPSA) is 98.7 Å². The van der Waals surface area contributed by atoms with Crippen molar-refractivity contribution in [1.29, 1.82) is 0 Å². The van der Waals surface area contributed by atoms with Gasteiger partial charge in [-0.3, -0.25) is 9.20 Å². The number of thiazole rings is 1. The number of nitrogens with two attached hydrogens (primary N) is 1. The van der Waals surface area contributed by atoms with Gasteiger partial charge >= 0.3 is 6.09 Å². The molecule has 0 saturated carbocycles. The quantitative estimate of drug-likeness (QED) is 0.897. The highest BCUT2D eigenvalue weighted by Gasteiger charge is 2.18. The average Bonchev–Trinajstić information content (AvgIpc) is 2.84. The lowest BCUT2D eigenvalue weighted by molar-refractivity contribution is 0.0522. The molecule has 108 valence electrons. The SMILES string of the molecule is CC(C)(C)OC(=O)NCc1ncc2scc(C(N)=O)n12. The average molecular weight is 296 g/mol. The molecule has 2 heterocycles. The van der Waals surface area contributed by atoms with Crippen LogP contribution in [0.3, 0.4) is 0 Å². The summed E-state index contributed by atoms with van der Waals surface area (Å²) < 4.78 is 6.76. The highest BCUT2D eigenvalue weighted by Crippen LogP contribution is 2.18. The predicted molar refractivity (Wildman–Crippen MR) is 74.7 cm³/mol. The minimum absolute atomic E-state index is 0.153. The number of hydrogen-bond acceptors (Lipinski definition) is 5. The first-order valence-electron chi connectivity index (χ1n) is 5.98. The minimum Gasteiger partial charge on any atom is -0.444 e. The fourth-order valence-electron chi connectivity index (χ4n) is 1.64. The predicted octanol–water partition coefficient (Wildman–Crippen LogP) is 1.52. The number of carbonyl (C=O) groups excluding carboxylic acids is 2. The fraction of sp³-hybridized carbons (Fsp3) is 0.417. The van der Waals surface area contributed by atoms with Crippen molar-refractivity contribution >= 4 is 28.2 Å². The molecule has 0 aliphatic carbocycles. The van der Waals surface area contributed by atoms with Crippen LogP contribution < -0.4 is 11.1 Å². The van der Waals surface area contributed by atoms with Crippen LogP contribution in [-0.4, -0.2) is 27.0 Å². The third-order valence-corrected chi connectivity index (χ3v) is 3.25. The van der Waals surface area contributed by atoms with Gasteiger partial charge in [-0.15, -0.1) is 11.3 Å². The summed E-state index contributed by atoms with van der Waals surface area (Å²) in [6.07, 6.45) is 1.09. The molecular formula is C12H16N4O3S. The van der Waals surface area contributed by atoms with E-state index in [4.69, 9.17) is 10.5 Å². The van der Waals surface area contributed by atoms with Crippen molar-refractivity contribution in [3.05, 3.63) is 23.1 Å². The van der Waals surface area contributed by atoms with Gasteiger partial charge in [-0.1, -0.05) is 0 Å². The van der Waals surface area contributed by atoms with E-state index in [0.29, 0.717) is 11.5 Å². The van der Waals surface area contributed by atoms with Crippen LogP contribution in [0.25, 0.3) is 4.83 Å². The summed E-state index contributed by atoms with van der Waals surface area (Å²) in [5, 5.41) is 4.26. The molecule has 0 saturated heterocycles. The number of imidazole rings is 1. The van der Waals surface area contributed by atoms with Gasteiger partial charge in [0, 0.05) is 5.38 Å². The van der Waals surface area contributed by atoms with Crippen LogP contribution in [0.2, 0.25) is 0 Å². The van der Waals surface area contributed by atoms with Gasteiger partial charge in [-0.2, -0.15) is 0 Å². The lowest BCUT2D eigenvalue weighted by atomic mass is 10.2. The zero-order chi connectivity index (χ0) is 14.9. The van der Waals surface area contributed by atoms with Gasteiger partial charge < -0.3 is 15.8 Å². The van der Waals surface area contributed by atoms with Crippen molar-refractivity contribution in [2.24, 2.45) is 5.73 Å². The van der Waals surface area contributed by atoms with Crippen LogP contribution in [-0.2, 0) is 11.3 Å². The summed E-state index contributed by atoms with van der Waals surface area (Å²) in [4.78, 5) is 27.9. The van der Waals surface area contributed by atoms with E-state index in [1.54, 1.807) is 36.7 Å². The zero-order valence-corrected chi connectivity index (χ0v) is 12.3. The highest BCUT2D eigenvalue weighted by atomic mass is 32.1. The molecule has 0 unspecified atom stereocenters. The maximum Gasteiger partial charge on any atom is 0.408 e. The molecule has 2 aromatic rings. The Morgan fingerprint density at radius 2 is 2.20 bits per heavy atom. The molecule has 0 aliphatic heterocycles. The van der Waals surface area contributed by atoms with E-state index in [1.807, 2.05) is 0 Å². The number of rotatable bonds is 3. The number of alkyl carbamates (subject to hydrolysis) is 1. The Balaban J connectivity index is 2.12. The van der Waals surface area contributed by atoms with E-state index in [-0.39, 0.29) is 6.54 Å².